The lowest BCUT2D eigenvalue weighted by molar-refractivity contribution is -0.137. The molecule has 1 amide bonds. The van der Waals surface area contributed by atoms with Crippen molar-refractivity contribution in [2.24, 2.45) is 5.92 Å². The van der Waals surface area contributed by atoms with Crippen molar-refractivity contribution in [1.82, 2.24) is 4.90 Å². The van der Waals surface area contributed by atoms with Crippen LogP contribution >= 0.6 is 11.6 Å². The van der Waals surface area contributed by atoms with Crippen molar-refractivity contribution in [3.05, 3.63) is 28.8 Å². The smallest absolute Gasteiger partial charge is 0.303 e. The second-order valence-electron chi connectivity index (χ2n) is 6.14. The summed E-state index contributed by atoms with van der Waals surface area (Å²) in [5.74, 6) is -0.453. The van der Waals surface area contributed by atoms with E-state index in [9.17, 15) is 9.59 Å². The molecule has 126 valence electrons. The SMILES string of the molecule is Cc1c(Cl)cccc1NC(=O)CN1CCCC(CCC(=O)O)C1. The van der Waals surface area contributed by atoms with Crippen molar-refractivity contribution < 1.29 is 14.7 Å². The summed E-state index contributed by atoms with van der Waals surface area (Å²) in [6, 6.07) is 5.45. The van der Waals surface area contributed by atoms with Crippen molar-refractivity contribution in [2.45, 2.75) is 32.6 Å². The van der Waals surface area contributed by atoms with Crippen LogP contribution in [0.1, 0.15) is 31.2 Å². The molecule has 0 bridgehead atoms. The summed E-state index contributed by atoms with van der Waals surface area (Å²) in [5.41, 5.74) is 1.60. The minimum atomic E-state index is -0.753. The van der Waals surface area contributed by atoms with Gasteiger partial charge in [0.05, 0.1) is 6.54 Å². The van der Waals surface area contributed by atoms with E-state index >= 15 is 0 Å². The molecule has 2 rings (SSSR count). The first-order valence-corrected chi connectivity index (χ1v) is 8.32. The van der Waals surface area contributed by atoms with Crippen LogP contribution in [-0.2, 0) is 9.59 Å². The molecule has 1 aromatic carbocycles. The van der Waals surface area contributed by atoms with Crippen molar-refractivity contribution in [3.8, 4) is 0 Å². The van der Waals surface area contributed by atoms with Crippen LogP contribution in [-0.4, -0.2) is 41.5 Å². The topological polar surface area (TPSA) is 69.6 Å². The predicted molar refractivity (Wildman–Crippen MR) is 90.9 cm³/mol. The lowest BCUT2D eigenvalue weighted by atomic mass is 9.93. The summed E-state index contributed by atoms with van der Waals surface area (Å²) >= 11 is 6.06. The maximum absolute atomic E-state index is 12.2. The molecule has 2 N–H and O–H groups in total. The highest BCUT2D eigenvalue weighted by Gasteiger charge is 2.22. The number of piperidine rings is 1. The Morgan fingerprint density at radius 1 is 1.43 bits per heavy atom. The minimum absolute atomic E-state index is 0.0609. The average Bonchev–Trinajstić information content (AvgIpc) is 2.50. The molecular formula is C17H23ClN2O3. The highest BCUT2D eigenvalue weighted by atomic mass is 35.5. The molecule has 0 aromatic heterocycles. The van der Waals surface area contributed by atoms with Gasteiger partial charge in [0.1, 0.15) is 0 Å². The van der Waals surface area contributed by atoms with Crippen LogP contribution in [0.4, 0.5) is 5.69 Å². The summed E-state index contributed by atoms with van der Waals surface area (Å²) in [7, 11) is 0. The Morgan fingerprint density at radius 2 is 2.22 bits per heavy atom. The third-order valence-corrected chi connectivity index (χ3v) is 4.69. The Labute approximate surface area is 141 Å². The van der Waals surface area contributed by atoms with Gasteiger partial charge >= 0.3 is 5.97 Å². The van der Waals surface area contributed by atoms with Gasteiger partial charge in [-0.25, -0.2) is 0 Å². The summed E-state index contributed by atoms with van der Waals surface area (Å²) < 4.78 is 0. The van der Waals surface area contributed by atoms with Gasteiger partial charge in [-0.15, -0.1) is 0 Å². The molecule has 6 heteroatoms. The number of halogens is 1. The molecule has 0 radical (unpaired) electrons. The molecule has 0 aliphatic carbocycles. The number of carboxylic acid groups (broad SMARTS) is 1. The molecule has 1 aliphatic heterocycles. The fourth-order valence-electron chi connectivity index (χ4n) is 2.99. The van der Waals surface area contributed by atoms with Crippen LogP contribution in [0.5, 0.6) is 0 Å². The number of amides is 1. The number of carbonyl (C=O) groups is 2. The van der Waals surface area contributed by atoms with E-state index in [-0.39, 0.29) is 12.3 Å². The first-order valence-electron chi connectivity index (χ1n) is 7.95. The van der Waals surface area contributed by atoms with Crippen LogP contribution in [0.3, 0.4) is 0 Å². The number of aliphatic carboxylic acids is 1. The van der Waals surface area contributed by atoms with Crippen molar-refractivity contribution >= 4 is 29.2 Å². The summed E-state index contributed by atoms with van der Waals surface area (Å²) in [6.07, 6.45) is 2.93. The van der Waals surface area contributed by atoms with E-state index in [0.29, 0.717) is 23.9 Å². The quantitative estimate of drug-likeness (QED) is 0.836. The number of carboxylic acids is 1. The molecule has 1 unspecified atom stereocenters. The zero-order valence-corrected chi connectivity index (χ0v) is 14.1. The lowest BCUT2D eigenvalue weighted by Crippen LogP contribution is -2.40. The first kappa shape index (κ1) is 17.8. The fourth-order valence-corrected chi connectivity index (χ4v) is 3.17. The van der Waals surface area contributed by atoms with Gasteiger partial charge in [0.15, 0.2) is 0 Å². The summed E-state index contributed by atoms with van der Waals surface area (Å²) in [5, 5.41) is 12.3. The summed E-state index contributed by atoms with van der Waals surface area (Å²) in [6.45, 7) is 3.87. The van der Waals surface area contributed by atoms with Crippen molar-refractivity contribution in [1.29, 1.82) is 0 Å². The highest BCUT2D eigenvalue weighted by Crippen LogP contribution is 2.24. The second kappa shape index (κ2) is 8.31. The number of carbonyl (C=O) groups excluding carboxylic acids is 1. The minimum Gasteiger partial charge on any atom is -0.481 e. The fraction of sp³-hybridized carbons (Fsp3) is 0.529. The zero-order valence-electron chi connectivity index (χ0n) is 13.3. The van der Waals surface area contributed by atoms with Crippen molar-refractivity contribution in [2.75, 3.05) is 25.0 Å². The van der Waals surface area contributed by atoms with E-state index in [1.165, 1.54) is 0 Å². The molecule has 0 spiro atoms. The Morgan fingerprint density at radius 3 is 2.96 bits per heavy atom. The van der Waals surface area contributed by atoms with Gasteiger partial charge in [0.2, 0.25) is 5.91 Å². The number of hydrogen-bond donors (Lipinski definition) is 2. The maximum Gasteiger partial charge on any atom is 0.303 e. The van der Waals surface area contributed by atoms with Gasteiger partial charge in [0.25, 0.3) is 0 Å². The van der Waals surface area contributed by atoms with Crippen LogP contribution in [0, 0.1) is 12.8 Å². The largest absolute Gasteiger partial charge is 0.481 e. The third kappa shape index (κ3) is 5.52. The molecule has 23 heavy (non-hydrogen) atoms. The zero-order chi connectivity index (χ0) is 16.8. The standard InChI is InChI=1S/C17H23ClN2O3/c1-12-14(18)5-2-6-15(12)19-16(21)11-20-9-3-4-13(10-20)7-8-17(22)23/h2,5-6,13H,3-4,7-11H2,1H3,(H,19,21)(H,22,23). The van der Waals surface area contributed by atoms with E-state index < -0.39 is 5.97 Å². The Kier molecular flexibility index (Phi) is 6.42. The van der Waals surface area contributed by atoms with Crippen LogP contribution < -0.4 is 5.32 Å². The van der Waals surface area contributed by atoms with Gasteiger partial charge in [-0.05, 0) is 56.3 Å². The van der Waals surface area contributed by atoms with Crippen LogP contribution in [0.2, 0.25) is 5.02 Å². The lowest BCUT2D eigenvalue weighted by Gasteiger charge is -2.32. The normalized spacial score (nSPS) is 18.6. The van der Waals surface area contributed by atoms with Gasteiger partial charge in [0, 0.05) is 23.7 Å². The van der Waals surface area contributed by atoms with E-state index in [1.54, 1.807) is 6.07 Å². The predicted octanol–water partition coefficient (Wildman–Crippen LogP) is 3.16. The Bertz CT molecular complexity index is 577. The molecule has 0 saturated carbocycles. The van der Waals surface area contributed by atoms with Gasteiger partial charge in [-0.3, -0.25) is 14.5 Å². The number of anilines is 1. The number of rotatable bonds is 6. The van der Waals surface area contributed by atoms with Crippen LogP contribution in [0.25, 0.3) is 0 Å². The first-order chi connectivity index (χ1) is 11.0. The van der Waals surface area contributed by atoms with Crippen LogP contribution in [0.15, 0.2) is 18.2 Å². The maximum atomic E-state index is 12.2. The Hall–Kier alpha value is -1.59. The number of nitrogens with zero attached hydrogens (tertiary/aromatic N) is 1. The van der Waals surface area contributed by atoms with E-state index in [1.807, 2.05) is 19.1 Å². The monoisotopic (exact) mass is 338 g/mol. The van der Waals surface area contributed by atoms with E-state index in [2.05, 4.69) is 10.2 Å². The highest BCUT2D eigenvalue weighted by molar-refractivity contribution is 6.31. The second-order valence-corrected chi connectivity index (χ2v) is 6.54. The molecular weight excluding hydrogens is 316 g/mol. The number of likely N-dealkylation sites (tertiary alicyclic amines) is 1. The van der Waals surface area contributed by atoms with E-state index in [0.717, 1.165) is 37.2 Å². The Balaban J connectivity index is 1.84. The third-order valence-electron chi connectivity index (χ3n) is 4.28. The van der Waals surface area contributed by atoms with Gasteiger partial charge in [-0.2, -0.15) is 0 Å². The number of benzene rings is 1. The number of hydrogen-bond acceptors (Lipinski definition) is 3. The molecule has 1 heterocycles. The van der Waals surface area contributed by atoms with Gasteiger partial charge in [-0.1, -0.05) is 17.7 Å². The van der Waals surface area contributed by atoms with E-state index in [4.69, 9.17) is 16.7 Å². The molecule has 1 aliphatic rings. The molecule has 1 atom stereocenters. The molecule has 1 saturated heterocycles. The average molecular weight is 339 g/mol. The summed E-state index contributed by atoms with van der Waals surface area (Å²) in [4.78, 5) is 25.0. The number of nitrogens with one attached hydrogen (secondary N) is 1. The van der Waals surface area contributed by atoms with Gasteiger partial charge < -0.3 is 10.4 Å². The van der Waals surface area contributed by atoms with Crippen molar-refractivity contribution in [3.63, 3.8) is 0 Å². The molecule has 5 nitrogen and oxygen atoms in total. The molecule has 1 aromatic rings. The molecule has 1 fully saturated rings.